The van der Waals surface area contributed by atoms with Gasteiger partial charge in [-0.05, 0) is 25.0 Å². The lowest BCUT2D eigenvalue weighted by Crippen LogP contribution is -2.16. The molecule has 0 spiro atoms. The van der Waals surface area contributed by atoms with E-state index in [4.69, 9.17) is 0 Å². The quantitative estimate of drug-likeness (QED) is 0.662. The average Bonchev–Trinajstić information content (AvgIpc) is 2.09. The van der Waals surface area contributed by atoms with Crippen molar-refractivity contribution in [1.82, 2.24) is 4.98 Å². The van der Waals surface area contributed by atoms with Gasteiger partial charge in [0, 0.05) is 17.3 Å². The van der Waals surface area contributed by atoms with Crippen LogP contribution in [0.1, 0.15) is 25.1 Å². The predicted octanol–water partition coefficient (Wildman–Crippen LogP) is 2.16. The largest absolute Gasteiger partial charge is 0.303 e. The molecule has 0 amide bonds. The van der Waals surface area contributed by atoms with Gasteiger partial charge in [-0.3, -0.25) is 4.98 Å². The van der Waals surface area contributed by atoms with E-state index in [-0.39, 0.29) is 5.41 Å². The first-order chi connectivity index (χ1) is 6.03. The van der Waals surface area contributed by atoms with Gasteiger partial charge in [-0.15, -0.1) is 0 Å². The average molecular weight is 177 g/mol. The molecule has 70 valence electrons. The number of aryl methyl sites for hydroxylation is 1. The summed E-state index contributed by atoms with van der Waals surface area (Å²) in [6, 6.07) is 3.99. The molecule has 0 aliphatic carbocycles. The number of carbonyl (C=O) groups excluding carboxylic acids is 1. The first-order valence-corrected chi connectivity index (χ1v) is 4.41. The second-order valence-electron chi connectivity index (χ2n) is 4.09. The van der Waals surface area contributed by atoms with Crippen molar-refractivity contribution < 1.29 is 4.79 Å². The Kier molecular flexibility index (Phi) is 2.81. The maximum Gasteiger partial charge on any atom is 0.125 e. The third-order valence-corrected chi connectivity index (χ3v) is 1.95. The topological polar surface area (TPSA) is 30.0 Å². The van der Waals surface area contributed by atoms with E-state index in [2.05, 4.69) is 4.98 Å². The Hall–Kier alpha value is -1.18. The number of hydrogen-bond acceptors (Lipinski definition) is 2. The monoisotopic (exact) mass is 177 g/mol. The maximum absolute atomic E-state index is 10.7. The molecule has 13 heavy (non-hydrogen) atoms. The highest BCUT2D eigenvalue weighted by molar-refractivity contribution is 5.58. The fourth-order valence-corrected chi connectivity index (χ4v) is 1.17. The summed E-state index contributed by atoms with van der Waals surface area (Å²) in [7, 11) is 0. The number of hydrogen-bond donors (Lipinski definition) is 0. The van der Waals surface area contributed by atoms with Crippen LogP contribution >= 0.6 is 0 Å². The smallest absolute Gasteiger partial charge is 0.125 e. The number of pyridine rings is 1. The van der Waals surface area contributed by atoms with Gasteiger partial charge >= 0.3 is 0 Å². The fraction of sp³-hybridized carbons (Fsp3) is 0.455. The van der Waals surface area contributed by atoms with Crippen molar-refractivity contribution >= 4 is 6.29 Å². The Bertz CT molecular complexity index is 287. The minimum atomic E-state index is -0.281. The van der Waals surface area contributed by atoms with E-state index in [1.165, 1.54) is 0 Å². The van der Waals surface area contributed by atoms with Gasteiger partial charge in [0.15, 0.2) is 0 Å². The molecule has 2 heteroatoms. The van der Waals surface area contributed by atoms with Crippen LogP contribution in [-0.2, 0) is 11.2 Å². The lowest BCUT2D eigenvalue weighted by molar-refractivity contribution is -0.114. The number of rotatable bonds is 3. The van der Waals surface area contributed by atoms with Gasteiger partial charge in [0.2, 0.25) is 0 Å². The second kappa shape index (κ2) is 3.69. The molecule has 0 N–H and O–H groups in total. The standard InChI is InChI=1S/C11H15NO/c1-9-4-5-10(7-12-9)6-11(2,3)8-13/h4-5,7-8H,6H2,1-3H3. The molecule has 1 heterocycles. The molecule has 0 aliphatic rings. The van der Waals surface area contributed by atoms with Gasteiger partial charge in [-0.25, -0.2) is 0 Å². The lowest BCUT2D eigenvalue weighted by Gasteiger charge is -2.15. The Morgan fingerprint density at radius 3 is 2.62 bits per heavy atom. The molecule has 0 aromatic carbocycles. The summed E-state index contributed by atoms with van der Waals surface area (Å²) in [5.41, 5.74) is 1.84. The van der Waals surface area contributed by atoms with Gasteiger partial charge in [0.25, 0.3) is 0 Å². The number of aldehydes is 1. The minimum absolute atomic E-state index is 0.281. The first kappa shape index (κ1) is 9.90. The summed E-state index contributed by atoms with van der Waals surface area (Å²) in [6.45, 7) is 5.81. The Morgan fingerprint density at radius 2 is 2.15 bits per heavy atom. The summed E-state index contributed by atoms with van der Waals surface area (Å²) in [5, 5.41) is 0. The van der Waals surface area contributed by atoms with Crippen molar-refractivity contribution in [3.63, 3.8) is 0 Å². The molecular weight excluding hydrogens is 162 g/mol. The van der Waals surface area contributed by atoms with Gasteiger partial charge in [0.05, 0.1) is 0 Å². The van der Waals surface area contributed by atoms with E-state index < -0.39 is 0 Å². The molecule has 0 bridgehead atoms. The zero-order valence-electron chi connectivity index (χ0n) is 8.37. The molecular formula is C11H15NO. The fourth-order valence-electron chi connectivity index (χ4n) is 1.17. The summed E-state index contributed by atoms with van der Waals surface area (Å²) >= 11 is 0. The van der Waals surface area contributed by atoms with Crippen molar-refractivity contribution in [3.05, 3.63) is 29.6 Å². The number of carbonyl (C=O) groups is 1. The van der Waals surface area contributed by atoms with Crippen molar-refractivity contribution in [2.75, 3.05) is 0 Å². The highest BCUT2D eigenvalue weighted by Crippen LogP contribution is 2.18. The molecule has 0 saturated heterocycles. The molecule has 1 rings (SSSR count). The van der Waals surface area contributed by atoms with Crippen molar-refractivity contribution in [3.8, 4) is 0 Å². The Labute approximate surface area is 79.0 Å². The zero-order chi connectivity index (χ0) is 9.90. The van der Waals surface area contributed by atoms with Crippen LogP contribution in [0.2, 0.25) is 0 Å². The zero-order valence-corrected chi connectivity index (χ0v) is 8.37. The number of aromatic nitrogens is 1. The van der Waals surface area contributed by atoms with Gasteiger partial charge in [-0.1, -0.05) is 19.9 Å². The van der Waals surface area contributed by atoms with Gasteiger partial charge < -0.3 is 4.79 Å². The summed E-state index contributed by atoms with van der Waals surface area (Å²) < 4.78 is 0. The molecule has 1 aromatic heterocycles. The van der Waals surface area contributed by atoms with Crippen LogP contribution in [0.3, 0.4) is 0 Å². The molecule has 2 nitrogen and oxygen atoms in total. The second-order valence-corrected chi connectivity index (χ2v) is 4.09. The summed E-state index contributed by atoms with van der Waals surface area (Å²) in [6.07, 6.45) is 3.58. The molecule has 0 saturated carbocycles. The van der Waals surface area contributed by atoms with Crippen LogP contribution in [0.15, 0.2) is 18.3 Å². The molecule has 0 aliphatic heterocycles. The third kappa shape index (κ3) is 2.98. The van der Waals surface area contributed by atoms with E-state index in [1.807, 2.05) is 39.1 Å². The van der Waals surface area contributed by atoms with Crippen LogP contribution < -0.4 is 0 Å². The molecule has 0 fully saturated rings. The third-order valence-electron chi connectivity index (χ3n) is 1.95. The Balaban J connectivity index is 2.75. The first-order valence-electron chi connectivity index (χ1n) is 4.41. The predicted molar refractivity (Wildman–Crippen MR) is 52.5 cm³/mol. The van der Waals surface area contributed by atoms with E-state index in [1.54, 1.807) is 0 Å². The van der Waals surface area contributed by atoms with E-state index in [9.17, 15) is 4.79 Å². The minimum Gasteiger partial charge on any atom is -0.303 e. The van der Waals surface area contributed by atoms with Gasteiger partial charge in [-0.2, -0.15) is 0 Å². The van der Waals surface area contributed by atoms with Crippen LogP contribution in [0, 0.1) is 12.3 Å². The van der Waals surface area contributed by atoms with Crippen LogP contribution in [0.5, 0.6) is 0 Å². The van der Waals surface area contributed by atoms with Crippen molar-refractivity contribution in [2.24, 2.45) is 5.41 Å². The van der Waals surface area contributed by atoms with Crippen molar-refractivity contribution in [1.29, 1.82) is 0 Å². The van der Waals surface area contributed by atoms with Crippen LogP contribution in [0.4, 0.5) is 0 Å². The Morgan fingerprint density at radius 1 is 1.46 bits per heavy atom. The van der Waals surface area contributed by atoms with Crippen molar-refractivity contribution in [2.45, 2.75) is 27.2 Å². The summed E-state index contributed by atoms with van der Waals surface area (Å²) in [5.74, 6) is 0. The number of nitrogens with zero attached hydrogens (tertiary/aromatic N) is 1. The van der Waals surface area contributed by atoms with Crippen LogP contribution in [-0.4, -0.2) is 11.3 Å². The normalized spacial score (nSPS) is 11.3. The van der Waals surface area contributed by atoms with E-state index >= 15 is 0 Å². The molecule has 0 atom stereocenters. The highest BCUT2D eigenvalue weighted by atomic mass is 16.1. The maximum atomic E-state index is 10.7. The highest BCUT2D eigenvalue weighted by Gasteiger charge is 2.16. The summed E-state index contributed by atoms with van der Waals surface area (Å²) in [4.78, 5) is 14.9. The lowest BCUT2D eigenvalue weighted by atomic mass is 9.88. The molecule has 0 radical (unpaired) electrons. The van der Waals surface area contributed by atoms with E-state index in [0.717, 1.165) is 24.0 Å². The van der Waals surface area contributed by atoms with Crippen LogP contribution in [0.25, 0.3) is 0 Å². The molecule has 0 unspecified atom stereocenters. The van der Waals surface area contributed by atoms with E-state index in [0.29, 0.717) is 0 Å². The van der Waals surface area contributed by atoms with Gasteiger partial charge in [0.1, 0.15) is 6.29 Å². The SMILES string of the molecule is Cc1ccc(CC(C)(C)C=O)cn1. The molecule has 1 aromatic rings.